The number of imidazole rings is 1. The van der Waals surface area contributed by atoms with Crippen molar-refractivity contribution in [2.45, 2.75) is 62.8 Å². The lowest BCUT2D eigenvalue weighted by molar-refractivity contribution is -0.139. The van der Waals surface area contributed by atoms with Crippen molar-refractivity contribution in [1.82, 2.24) is 45.4 Å². The van der Waals surface area contributed by atoms with Gasteiger partial charge in [0.2, 0.25) is 11.9 Å². The Labute approximate surface area is 381 Å². The zero-order valence-electron chi connectivity index (χ0n) is 36.0. The van der Waals surface area contributed by atoms with Crippen LogP contribution in [0.1, 0.15) is 59.8 Å². The third-order valence-electron chi connectivity index (χ3n) is 10.0. The number of nitrogens with one attached hydrogen (secondary N) is 5. The molecular formula is C39H53N12O15P. The Kier molecular flexibility index (Phi) is 18.6. The molecule has 6 atom stereocenters. The Balaban J connectivity index is 0.762. The lowest BCUT2D eigenvalue weighted by Gasteiger charge is -2.19. The number of aromatic amines is 1. The maximum absolute atomic E-state index is 12.8. The zero-order chi connectivity index (χ0) is 47.8. The number of amides is 2. The number of aliphatic imine (C=N–C) groups is 1. The highest BCUT2D eigenvalue weighted by atomic mass is 31.2. The molecule has 2 amide bonds. The van der Waals surface area contributed by atoms with Crippen LogP contribution >= 0.6 is 7.82 Å². The monoisotopic (exact) mass is 960 g/mol. The van der Waals surface area contributed by atoms with Gasteiger partial charge in [-0.1, -0.05) is 0 Å². The lowest BCUT2D eigenvalue weighted by Crippen LogP contribution is -2.41. The van der Waals surface area contributed by atoms with Crippen LogP contribution in [0.4, 0.5) is 17.5 Å². The molecule has 0 bridgehead atoms. The number of phosphoric ester groups is 1. The Morgan fingerprint density at radius 2 is 1.76 bits per heavy atom. The Morgan fingerprint density at radius 1 is 1.03 bits per heavy atom. The van der Waals surface area contributed by atoms with Crippen LogP contribution in [0.15, 0.2) is 46.6 Å². The molecule has 1 fully saturated rings. The fraction of sp³-hybridized carbons (Fsp3) is 0.513. The predicted molar refractivity (Wildman–Crippen MR) is 234 cm³/mol. The summed E-state index contributed by atoms with van der Waals surface area (Å²) < 4.78 is 46.8. The number of hydrogen-bond donors (Lipinski definition) is 10. The minimum atomic E-state index is -4.55. The average Bonchev–Trinajstić information content (AvgIpc) is 3.84. The molecule has 4 aromatic rings. The van der Waals surface area contributed by atoms with Gasteiger partial charge in [-0.3, -0.25) is 33.0 Å². The van der Waals surface area contributed by atoms with E-state index in [1.807, 2.05) is 0 Å². The summed E-state index contributed by atoms with van der Waals surface area (Å²) in [6, 6.07) is 4.94. The van der Waals surface area contributed by atoms with Crippen LogP contribution in [0, 0.1) is 0 Å². The maximum atomic E-state index is 12.8. The average molecular weight is 961 g/mol. The first-order valence-corrected chi connectivity index (χ1v) is 22.6. The number of carbonyl (C=O) groups is 3. The number of fused-ring (bicyclic) bond motifs is 2. The fourth-order valence-electron chi connectivity index (χ4n) is 6.64. The van der Waals surface area contributed by atoms with Gasteiger partial charge < -0.3 is 66.2 Å². The maximum Gasteiger partial charge on any atom is 0.472 e. The van der Waals surface area contributed by atoms with E-state index in [1.165, 1.54) is 31.0 Å². The number of ether oxygens (including phenoxy) is 4. The molecule has 6 rings (SSSR count). The molecule has 3 aromatic heterocycles. The van der Waals surface area contributed by atoms with Crippen molar-refractivity contribution in [1.29, 1.82) is 0 Å². The van der Waals surface area contributed by atoms with Crippen LogP contribution in [0.3, 0.4) is 0 Å². The van der Waals surface area contributed by atoms with E-state index in [-0.39, 0.29) is 119 Å². The zero-order valence-corrected chi connectivity index (χ0v) is 36.9. The van der Waals surface area contributed by atoms with Gasteiger partial charge in [-0.2, -0.15) is 4.98 Å². The number of nitrogens with zero attached hydrogens (tertiary/aromatic N) is 6. The van der Waals surface area contributed by atoms with Crippen molar-refractivity contribution >= 4 is 60.6 Å². The predicted octanol–water partition coefficient (Wildman–Crippen LogP) is -0.598. The molecule has 28 heteroatoms. The quantitative estimate of drug-likeness (QED) is 0.0263. The first kappa shape index (κ1) is 50.4. The van der Waals surface area contributed by atoms with Gasteiger partial charge in [-0.05, 0) is 37.1 Å². The number of hydrogen-bond acceptors (Lipinski definition) is 21. The molecule has 0 radical (unpaired) electrons. The normalized spacial score (nSPS) is 19.2. The second-order valence-electron chi connectivity index (χ2n) is 14.9. The molecule has 0 spiro atoms. The molecule has 2 aliphatic heterocycles. The lowest BCUT2D eigenvalue weighted by atomic mass is 10.1. The van der Waals surface area contributed by atoms with Gasteiger partial charge >= 0.3 is 13.8 Å². The molecule has 27 nitrogen and oxygen atoms in total. The van der Waals surface area contributed by atoms with Gasteiger partial charge in [0.1, 0.15) is 30.2 Å². The standard InChI is InChI=1S/C39H53N12O15P/c40-39-49-34-33(37(56)50-39)47-25(18-44-34)17-43-24-4-2-23(3-5-24)36(55)48-26(38(57)58)6-7-30(54)42-8-1-9-61-10-11-62-12-13-63-14-15-64-67(59,60)66-28-19-41-21-45-35-32(28)46-22-51(35)31-16-27(53)29(20-52)65-31/h2-5,18,21-22,26-29,31,43,52-53H,1,6-17,19-20H2,(H,41,45)(H,42,54)(H,48,55)(H,57,58)(H,59,60)(H3,40,44,49,50,56)/t26?,27?,28-,29-,31-/m1/s1. The summed E-state index contributed by atoms with van der Waals surface area (Å²) in [5.74, 6) is -2.07. The number of benzene rings is 1. The smallest absolute Gasteiger partial charge is 0.472 e. The van der Waals surface area contributed by atoms with E-state index < -0.39 is 55.8 Å². The number of nitrogen functional groups attached to an aromatic ring is 1. The highest BCUT2D eigenvalue weighted by Crippen LogP contribution is 2.49. The van der Waals surface area contributed by atoms with Crippen LogP contribution < -0.4 is 32.6 Å². The van der Waals surface area contributed by atoms with E-state index in [2.05, 4.69) is 51.2 Å². The number of H-pyrrole nitrogens is 1. The summed E-state index contributed by atoms with van der Waals surface area (Å²) in [4.78, 5) is 82.8. The number of carboxylic acids is 1. The first-order valence-electron chi connectivity index (χ1n) is 21.1. The topological polar surface area (TPSA) is 380 Å². The summed E-state index contributed by atoms with van der Waals surface area (Å²) >= 11 is 0. The number of carbonyl (C=O) groups excluding carboxylic acids is 2. The number of aliphatic hydroxyl groups excluding tert-OH is 2. The molecule has 1 saturated heterocycles. The van der Waals surface area contributed by atoms with Gasteiger partial charge in [-0.15, -0.1) is 0 Å². The first-order chi connectivity index (χ1) is 32.3. The van der Waals surface area contributed by atoms with E-state index in [1.54, 1.807) is 16.7 Å². The molecule has 2 aliphatic rings. The third-order valence-corrected chi connectivity index (χ3v) is 11.0. The molecule has 5 heterocycles. The number of carboxylic acid groups (broad SMARTS) is 1. The summed E-state index contributed by atoms with van der Waals surface area (Å²) in [7, 11) is -4.55. The van der Waals surface area contributed by atoms with Gasteiger partial charge in [0.15, 0.2) is 17.0 Å². The van der Waals surface area contributed by atoms with Crippen molar-refractivity contribution in [2.24, 2.45) is 4.99 Å². The molecule has 11 N–H and O–H groups in total. The molecule has 1 aromatic carbocycles. The van der Waals surface area contributed by atoms with Gasteiger partial charge in [0.25, 0.3) is 11.5 Å². The minimum Gasteiger partial charge on any atom is -0.480 e. The van der Waals surface area contributed by atoms with Crippen LogP contribution in [0.5, 0.6) is 0 Å². The van der Waals surface area contributed by atoms with Crippen LogP contribution in [0.25, 0.3) is 11.2 Å². The number of aliphatic carboxylic acids is 1. The number of nitrogens with two attached hydrogens (primary N) is 1. The van der Waals surface area contributed by atoms with Crippen LogP contribution in [0.2, 0.25) is 0 Å². The summed E-state index contributed by atoms with van der Waals surface area (Å²) in [5.41, 5.74) is 6.71. The van der Waals surface area contributed by atoms with Crippen molar-refractivity contribution in [3.05, 3.63) is 64.1 Å². The summed E-state index contributed by atoms with van der Waals surface area (Å²) in [6.45, 7) is 1.20. The van der Waals surface area contributed by atoms with Gasteiger partial charge in [0.05, 0.1) is 83.5 Å². The SMILES string of the molecule is Nc1nc2ncc(CNc3ccc(C(=O)NC(CCC(=O)NCCCOCCOCCOCCOP(=O)(O)O[C@@H]4CNC=Nc5c4ncn5[C@H]4CC(O)[C@@H](CO)O4)C(=O)O)cc3)nc2c(=O)[nH]1. The second kappa shape index (κ2) is 24.7. The Bertz CT molecular complexity index is 2420. The van der Waals surface area contributed by atoms with E-state index >= 15 is 0 Å². The molecule has 67 heavy (non-hydrogen) atoms. The number of anilines is 2. The van der Waals surface area contributed by atoms with E-state index in [0.29, 0.717) is 30.2 Å². The summed E-state index contributed by atoms with van der Waals surface area (Å²) in [5, 5.41) is 40.3. The molecule has 3 unspecified atom stereocenters. The van der Waals surface area contributed by atoms with Gasteiger partial charge in [-0.25, -0.2) is 29.3 Å². The number of aliphatic hydroxyl groups is 2. The Morgan fingerprint density at radius 3 is 2.48 bits per heavy atom. The van der Waals surface area contributed by atoms with Crippen LogP contribution in [-0.2, 0) is 48.7 Å². The number of aromatic nitrogens is 6. The molecular weight excluding hydrogens is 907 g/mol. The number of phosphoric acid groups is 1. The molecule has 364 valence electrons. The number of rotatable bonds is 27. The highest BCUT2D eigenvalue weighted by molar-refractivity contribution is 7.47. The van der Waals surface area contributed by atoms with E-state index in [9.17, 15) is 44.0 Å². The van der Waals surface area contributed by atoms with Crippen LogP contribution in [-0.4, -0.2) is 158 Å². The van der Waals surface area contributed by atoms with E-state index in [0.717, 1.165) is 0 Å². The van der Waals surface area contributed by atoms with Crippen molar-refractivity contribution in [3.8, 4) is 0 Å². The van der Waals surface area contributed by atoms with E-state index in [4.69, 9.17) is 33.7 Å². The van der Waals surface area contributed by atoms with Gasteiger partial charge in [0, 0.05) is 43.8 Å². The minimum absolute atomic E-state index is 0.0214. The fourth-order valence-corrected chi connectivity index (χ4v) is 7.50. The summed E-state index contributed by atoms with van der Waals surface area (Å²) in [6.07, 6.45) is 1.37. The largest absolute Gasteiger partial charge is 0.480 e. The highest BCUT2D eigenvalue weighted by Gasteiger charge is 2.38. The van der Waals surface area contributed by atoms with Crippen molar-refractivity contribution < 1.29 is 67.2 Å². The van der Waals surface area contributed by atoms with Crippen molar-refractivity contribution in [2.75, 3.05) is 77.0 Å². The third kappa shape index (κ3) is 15.0. The van der Waals surface area contributed by atoms with Crippen molar-refractivity contribution in [3.63, 3.8) is 0 Å². The Hall–Kier alpha value is -6.00. The molecule has 0 saturated carbocycles. The molecule has 0 aliphatic carbocycles. The second-order valence-corrected chi connectivity index (χ2v) is 16.3.